The highest BCUT2D eigenvalue weighted by Gasteiger charge is 2.37. The summed E-state index contributed by atoms with van der Waals surface area (Å²) < 4.78 is 43.3. The molecule has 7 heteroatoms. The molecule has 19 heavy (non-hydrogen) atoms. The van der Waals surface area contributed by atoms with Crippen LogP contribution in [0.4, 0.5) is 13.2 Å². The Morgan fingerprint density at radius 1 is 1.47 bits per heavy atom. The van der Waals surface area contributed by atoms with Gasteiger partial charge in [-0.2, -0.15) is 18.4 Å². The molecule has 1 aromatic rings. The molecule has 0 radical (unpaired) electrons. The van der Waals surface area contributed by atoms with Crippen molar-refractivity contribution in [2.75, 3.05) is 7.11 Å². The van der Waals surface area contributed by atoms with E-state index in [1.165, 1.54) is 12.1 Å². The molecule has 0 aromatic heterocycles. The summed E-state index contributed by atoms with van der Waals surface area (Å²) in [7, 11) is 1.14. The van der Waals surface area contributed by atoms with E-state index in [0.717, 1.165) is 13.2 Å². The van der Waals surface area contributed by atoms with Gasteiger partial charge in [0.25, 0.3) is 0 Å². The van der Waals surface area contributed by atoms with E-state index >= 15 is 0 Å². The summed E-state index contributed by atoms with van der Waals surface area (Å²) in [6.07, 6.45) is -5.02. The monoisotopic (exact) mass is 272 g/mol. The van der Waals surface area contributed by atoms with Crippen LogP contribution in [-0.4, -0.2) is 13.1 Å². The fourth-order valence-corrected chi connectivity index (χ4v) is 1.73. The molecule has 0 atom stereocenters. The number of halogens is 3. The molecule has 0 bridgehead atoms. The quantitative estimate of drug-likeness (QED) is 0.850. The van der Waals surface area contributed by atoms with Crippen LogP contribution in [0.5, 0.6) is 0 Å². The van der Waals surface area contributed by atoms with Crippen molar-refractivity contribution >= 4 is 5.97 Å². The summed E-state index contributed by atoms with van der Waals surface area (Å²) >= 11 is 0. The van der Waals surface area contributed by atoms with Gasteiger partial charge in [0.2, 0.25) is 0 Å². The number of benzene rings is 1. The Morgan fingerprint density at radius 2 is 2.11 bits per heavy atom. The largest absolute Gasteiger partial charge is 0.469 e. The zero-order valence-electron chi connectivity index (χ0n) is 10.0. The van der Waals surface area contributed by atoms with Crippen LogP contribution in [0.2, 0.25) is 0 Å². The molecule has 0 heterocycles. The summed E-state index contributed by atoms with van der Waals surface area (Å²) in [5.74, 6) is -0.674. The van der Waals surface area contributed by atoms with E-state index in [0.29, 0.717) is 0 Å². The first kappa shape index (κ1) is 15.0. The molecular formula is C12H11F3N2O2. The third kappa shape index (κ3) is 3.23. The van der Waals surface area contributed by atoms with E-state index in [4.69, 9.17) is 11.0 Å². The molecule has 0 unspecified atom stereocenters. The molecule has 4 nitrogen and oxygen atoms in total. The van der Waals surface area contributed by atoms with Gasteiger partial charge in [0.05, 0.1) is 30.7 Å². The minimum absolute atomic E-state index is 0.112. The fraction of sp³-hybridized carbons (Fsp3) is 0.333. The standard InChI is InChI=1S/C12H11F3N2O2/c1-19-10(18)4-7-2-3-8(5-16)11(9(7)6-17)12(13,14)15/h2-3H,4,6,17H2,1H3. The average molecular weight is 272 g/mol. The Bertz CT molecular complexity index is 533. The van der Waals surface area contributed by atoms with Crippen molar-refractivity contribution in [3.63, 3.8) is 0 Å². The van der Waals surface area contributed by atoms with E-state index in [-0.39, 0.29) is 17.5 Å². The van der Waals surface area contributed by atoms with Crippen LogP contribution in [0.3, 0.4) is 0 Å². The van der Waals surface area contributed by atoms with Crippen molar-refractivity contribution in [3.8, 4) is 6.07 Å². The molecule has 0 aliphatic rings. The minimum atomic E-state index is -4.70. The molecule has 0 aliphatic carbocycles. The van der Waals surface area contributed by atoms with Crippen molar-refractivity contribution in [3.05, 3.63) is 34.4 Å². The summed E-state index contributed by atoms with van der Waals surface area (Å²) in [6.45, 7) is -0.420. The van der Waals surface area contributed by atoms with Gasteiger partial charge in [0.1, 0.15) is 0 Å². The highest BCUT2D eigenvalue weighted by Crippen LogP contribution is 2.36. The van der Waals surface area contributed by atoms with Crippen LogP contribution < -0.4 is 5.73 Å². The molecule has 0 saturated heterocycles. The van der Waals surface area contributed by atoms with Gasteiger partial charge >= 0.3 is 12.1 Å². The van der Waals surface area contributed by atoms with Crippen LogP contribution in [0, 0.1) is 11.3 Å². The number of nitrogens with two attached hydrogens (primary N) is 1. The van der Waals surface area contributed by atoms with Gasteiger partial charge in [-0.1, -0.05) is 6.07 Å². The average Bonchev–Trinajstić information content (AvgIpc) is 2.36. The van der Waals surface area contributed by atoms with Crippen LogP contribution in [0.15, 0.2) is 12.1 Å². The molecule has 0 spiro atoms. The van der Waals surface area contributed by atoms with Gasteiger partial charge in [-0.15, -0.1) is 0 Å². The molecule has 1 rings (SSSR count). The normalized spacial score (nSPS) is 10.9. The predicted octanol–water partition coefficient (Wildman–Crippen LogP) is 1.75. The van der Waals surface area contributed by atoms with Crippen LogP contribution in [0.25, 0.3) is 0 Å². The van der Waals surface area contributed by atoms with E-state index in [2.05, 4.69) is 4.74 Å². The Hall–Kier alpha value is -2.07. The smallest absolute Gasteiger partial charge is 0.418 e. The van der Waals surface area contributed by atoms with E-state index in [1.807, 2.05) is 0 Å². The lowest BCUT2D eigenvalue weighted by Gasteiger charge is -2.16. The number of rotatable bonds is 3. The van der Waals surface area contributed by atoms with E-state index in [1.54, 1.807) is 0 Å². The Labute approximate surface area is 107 Å². The first-order valence-electron chi connectivity index (χ1n) is 5.24. The number of esters is 1. The molecule has 102 valence electrons. The SMILES string of the molecule is COC(=O)Cc1ccc(C#N)c(C(F)(F)F)c1CN. The first-order valence-corrected chi connectivity index (χ1v) is 5.24. The van der Waals surface area contributed by atoms with Crippen LogP contribution in [0.1, 0.15) is 22.3 Å². The maximum Gasteiger partial charge on any atom is 0.418 e. The minimum Gasteiger partial charge on any atom is -0.469 e. The molecule has 2 N–H and O–H groups in total. The number of methoxy groups -OCH3 is 1. The molecule has 1 aromatic carbocycles. The second-order valence-corrected chi connectivity index (χ2v) is 3.69. The van der Waals surface area contributed by atoms with Crippen molar-refractivity contribution in [1.29, 1.82) is 5.26 Å². The third-order valence-corrected chi connectivity index (χ3v) is 2.58. The number of carbonyl (C=O) groups is 1. The molecule has 0 fully saturated rings. The topological polar surface area (TPSA) is 76.1 Å². The number of carbonyl (C=O) groups excluding carboxylic acids is 1. The van der Waals surface area contributed by atoms with Crippen molar-refractivity contribution in [1.82, 2.24) is 0 Å². The van der Waals surface area contributed by atoms with Gasteiger partial charge in [-0.05, 0) is 17.2 Å². The molecule has 0 saturated carbocycles. The highest BCUT2D eigenvalue weighted by atomic mass is 19.4. The van der Waals surface area contributed by atoms with E-state index < -0.39 is 29.8 Å². The zero-order chi connectivity index (χ0) is 14.6. The van der Waals surface area contributed by atoms with Crippen LogP contribution >= 0.6 is 0 Å². The molecule has 0 aliphatic heterocycles. The summed E-state index contributed by atoms with van der Waals surface area (Å²) in [6, 6.07) is 3.79. The summed E-state index contributed by atoms with van der Waals surface area (Å²) in [5.41, 5.74) is 3.59. The maximum absolute atomic E-state index is 13.0. The van der Waals surface area contributed by atoms with Gasteiger partial charge in [-0.25, -0.2) is 0 Å². The first-order chi connectivity index (χ1) is 8.85. The second kappa shape index (κ2) is 5.71. The number of hydrogen-bond acceptors (Lipinski definition) is 4. The molecule has 0 amide bonds. The van der Waals surface area contributed by atoms with Gasteiger partial charge < -0.3 is 10.5 Å². The van der Waals surface area contributed by atoms with Crippen molar-refractivity contribution < 1.29 is 22.7 Å². The van der Waals surface area contributed by atoms with Crippen molar-refractivity contribution in [2.24, 2.45) is 5.73 Å². The Kier molecular flexibility index (Phi) is 4.51. The lowest BCUT2D eigenvalue weighted by atomic mass is 9.94. The highest BCUT2D eigenvalue weighted by molar-refractivity contribution is 5.73. The maximum atomic E-state index is 13.0. The Balaban J connectivity index is 3.46. The summed E-state index contributed by atoms with van der Waals surface area (Å²) in [4.78, 5) is 11.2. The second-order valence-electron chi connectivity index (χ2n) is 3.69. The zero-order valence-corrected chi connectivity index (χ0v) is 10.0. The summed E-state index contributed by atoms with van der Waals surface area (Å²) in [5, 5.41) is 8.74. The van der Waals surface area contributed by atoms with Gasteiger partial charge in [-0.3, -0.25) is 4.79 Å². The molecular weight excluding hydrogens is 261 g/mol. The number of nitriles is 1. The Morgan fingerprint density at radius 3 is 2.53 bits per heavy atom. The number of nitrogens with zero attached hydrogens (tertiary/aromatic N) is 1. The fourth-order valence-electron chi connectivity index (χ4n) is 1.73. The number of ether oxygens (including phenoxy) is 1. The van der Waals surface area contributed by atoms with Gasteiger partial charge in [0, 0.05) is 6.54 Å². The lowest BCUT2D eigenvalue weighted by Crippen LogP contribution is -2.18. The van der Waals surface area contributed by atoms with Crippen molar-refractivity contribution in [2.45, 2.75) is 19.1 Å². The third-order valence-electron chi connectivity index (χ3n) is 2.58. The lowest BCUT2D eigenvalue weighted by molar-refractivity contribution is -0.141. The predicted molar refractivity (Wildman–Crippen MR) is 59.8 cm³/mol. The van der Waals surface area contributed by atoms with Crippen LogP contribution in [-0.2, 0) is 28.7 Å². The van der Waals surface area contributed by atoms with E-state index in [9.17, 15) is 18.0 Å². The number of alkyl halides is 3. The number of hydrogen-bond donors (Lipinski definition) is 1. The van der Waals surface area contributed by atoms with Gasteiger partial charge in [0.15, 0.2) is 0 Å².